The van der Waals surface area contributed by atoms with E-state index in [0.717, 1.165) is 12.3 Å². The Labute approximate surface area is 96.6 Å². The Kier molecular flexibility index (Phi) is 3.63. The molecule has 0 aliphatic carbocycles. The first-order chi connectivity index (χ1) is 7.33. The molecule has 1 rings (SSSR count). The van der Waals surface area contributed by atoms with Gasteiger partial charge in [0.2, 0.25) is 0 Å². The van der Waals surface area contributed by atoms with Crippen LogP contribution in [0.25, 0.3) is 0 Å². The third-order valence-corrected chi connectivity index (χ3v) is 1.97. The molecule has 0 bridgehead atoms. The van der Waals surface area contributed by atoms with E-state index in [1.807, 2.05) is 0 Å². The molecule has 88 valence electrons. The van der Waals surface area contributed by atoms with Crippen LogP contribution in [0.2, 0.25) is 0 Å². The minimum absolute atomic E-state index is 0.0103. The standard InChI is InChI=1S/C8H6BrF3N2O2/c9-5-1-4(3-14-13)7(15)6(2-5)16-8(10,11)12/h1-3,15H,13H2. The quantitative estimate of drug-likeness (QED) is 0.500. The summed E-state index contributed by atoms with van der Waals surface area (Å²) in [5, 5.41) is 12.5. The number of hydrogen-bond donors (Lipinski definition) is 2. The fourth-order valence-corrected chi connectivity index (χ4v) is 1.43. The summed E-state index contributed by atoms with van der Waals surface area (Å²) in [7, 11) is 0. The van der Waals surface area contributed by atoms with E-state index < -0.39 is 17.9 Å². The van der Waals surface area contributed by atoms with Crippen molar-refractivity contribution in [1.82, 2.24) is 0 Å². The van der Waals surface area contributed by atoms with Crippen molar-refractivity contribution in [2.75, 3.05) is 0 Å². The first kappa shape index (κ1) is 12.6. The molecule has 0 aromatic heterocycles. The van der Waals surface area contributed by atoms with Gasteiger partial charge < -0.3 is 15.7 Å². The average molecular weight is 299 g/mol. The topological polar surface area (TPSA) is 67.8 Å². The van der Waals surface area contributed by atoms with Crippen LogP contribution < -0.4 is 10.6 Å². The molecule has 1 aromatic rings. The van der Waals surface area contributed by atoms with Gasteiger partial charge in [0, 0.05) is 10.0 Å². The number of benzene rings is 1. The molecule has 3 N–H and O–H groups in total. The number of phenols is 1. The fourth-order valence-electron chi connectivity index (χ4n) is 0.976. The average Bonchev–Trinajstić information content (AvgIpc) is 2.11. The van der Waals surface area contributed by atoms with Crippen molar-refractivity contribution in [3.8, 4) is 11.5 Å². The van der Waals surface area contributed by atoms with Crippen molar-refractivity contribution in [2.24, 2.45) is 10.9 Å². The highest BCUT2D eigenvalue weighted by atomic mass is 79.9. The van der Waals surface area contributed by atoms with Crippen LogP contribution >= 0.6 is 15.9 Å². The number of rotatable bonds is 2. The fraction of sp³-hybridized carbons (Fsp3) is 0.125. The van der Waals surface area contributed by atoms with E-state index in [-0.39, 0.29) is 5.56 Å². The Morgan fingerprint density at radius 2 is 2.06 bits per heavy atom. The molecule has 1 aromatic carbocycles. The van der Waals surface area contributed by atoms with Crippen molar-refractivity contribution >= 4 is 22.1 Å². The maximum Gasteiger partial charge on any atom is 0.573 e. The molecule has 0 amide bonds. The number of alkyl halides is 3. The first-order valence-electron chi connectivity index (χ1n) is 3.85. The minimum Gasteiger partial charge on any atom is -0.504 e. The number of ether oxygens (including phenoxy) is 1. The molecular weight excluding hydrogens is 293 g/mol. The normalized spacial score (nSPS) is 12.0. The Hall–Kier alpha value is -1.44. The Morgan fingerprint density at radius 3 is 2.56 bits per heavy atom. The summed E-state index contributed by atoms with van der Waals surface area (Å²) in [5.74, 6) is 3.43. The van der Waals surface area contributed by atoms with Crippen molar-refractivity contribution in [3.63, 3.8) is 0 Å². The Morgan fingerprint density at radius 1 is 1.44 bits per heavy atom. The molecule has 0 saturated carbocycles. The van der Waals surface area contributed by atoms with Gasteiger partial charge in [0.25, 0.3) is 0 Å². The second-order valence-electron chi connectivity index (χ2n) is 2.67. The van der Waals surface area contributed by atoms with Gasteiger partial charge in [-0.3, -0.25) is 0 Å². The van der Waals surface area contributed by atoms with Gasteiger partial charge in [-0.2, -0.15) is 5.10 Å². The zero-order valence-electron chi connectivity index (χ0n) is 7.62. The van der Waals surface area contributed by atoms with Crippen molar-refractivity contribution in [1.29, 1.82) is 0 Å². The smallest absolute Gasteiger partial charge is 0.504 e. The van der Waals surface area contributed by atoms with Crippen LogP contribution in [0.15, 0.2) is 21.7 Å². The first-order valence-corrected chi connectivity index (χ1v) is 4.64. The SMILES string of the molecule is NN=Cc1cc(Br)cc(OC(F)(F)F)c1O. The van der Waals surface area contributed by atoms with E-state index in [9.17, 15) is 18.3 Å². The largest absolute Gasteiger partial charge is 0.573 e. The molecule has 0 fully saturated rings. The summed E-state index contributed by atoms with van der Waals surface area (Å²) in [4.78, 5) is 0. The molecule has 0 spiro atoms. The molecule has 0 atom stereocenters. The summed E-state index contributed by atoms with van der Waals surface area (Å²) in [6.45, 7) is 0. The molecule has 0 radical (unpaired) electrons. The minimum atomic E-state index is -4.88. The van der Waals surface area contributed by atoms with Crippen LogP contribution in [-0.2, 0) is 0 Å². The van der Waals surface area contributed by atoms with Gasteiger partial charge in [-0.25, -0.2) is 0 Å². The molecule has 0 unspecified atom stereocenters. The molecule has 0 aliphatic heterocycles. The predicted molar refractivity (Wildman–Crippen MR) is 54.3 cm³/mol. The summed E-state index contributed by atoms with van der Waals surface area (Å²) < 4.78 is 39.8. The number of phenolic OH excluding ortho intramolecular Hbond substituents is 1. The van der Waals surface area contributed by atoms with Crippen LogP contribution in [0.4, 0.5) is 13.2 Å². The monoisotopic (exact) mass is 298 g/mol. The van der Waals surface area contributed by atoms with Crippen LogP contribution in [0.3, 0.4) is 0 Å². The second-order valence-corrected chi connectivity index (χ2v) is 3.58. The third-order valence-electron chi connectivity index (χ3n) is 1.51. The Balaban J connectivity index is 3.19. The van der Waals surface area contributed by atoms with E-state index in [0.29, 0.717) is 4.47 Å². The lowest BCUT2D eigenvalue weighted by atomic mass is 10.2. The van der Waals surface area contributed by atoms with Gasteiger partial charge in [-0.1, -0.05) is 15.9 Å². The summed E-state index contributed by atoms with van der Waals surface area (Å²) in [6, 6.07) is 2.33. The van der Waals surface area contributed by atoms with Gasteiger partial charge in [-0.15, -0.1) is 13.2 Å². The maximum atomic E-state index is 12.0. The highest BCUT2D eigenvalue weighted by molar-refractivity contribution is 9.10. The van der Waals surface area contributed by atoms with Crippen molar-refractivity contribution < 1.29 is 23.0 Å². The number of halogens is 4. The maximum absolute atomic E-state index is 12.0. The van der Waals surface area contributed by atoms with Gasteiger partial charge in [0.15, 0.2) is 11.5 Å². The van der Waals surface area contributed by atoms with Crippen LogP contribution in [0, 0.1) is 0 Å². The second kappa shape index (κ2) is 4.60. The summed E-state index contributed by atoms with van der Waals surface area (Å²) in [6.07, 6.45) is -3.88. The zero-order valence-corrected chi connectivity index (χ0v) is 9.21. The molecule has 8 heteroatoms. The number of nitrogens with zero attached hydrogens (tertiary/aromatic N) is 1. The van der Waals surface area contributed by atoms with E-state index in [1.54, 1.807) is 0 Å². The van der Waals surface area contributed by atoms with Crippen LogP contribution in [0.1, 0.15) is 5.56 Å². The van der Waals surface area contributed by atoms with Crippen LogP contribution in [0.5, 0.6) is 11.5 Å². The molecule has 4 nitrogen and oxygen atoms in total. The number of hydrogen-bond acceptors (Lipinski definition) is 4. The number of hydrazone groups is 1. The van der Waals surface area contributed by atoms with E-state index >= 15 is 0 Å². The highest BCUT2D eigenvalue weighted by Crippen LogP contribution is 2.36. The predicted octanol–water partition coefficient (Wildman–Crippen LogP) is 2.35. The van der Waals surface area contributed by atoms with E-state index in [1.165, 1.54) is 6.07 Å². The highest BCUT2D eigenvalue weighted by Gasteiger charge is 2.32. The molecular formula is C8H6BrF3N2O2. The number of aromatic hydroxyl groups is 1. The molecule has 0 heterocycles. The van der Waals surface area contributed by atoms with Gasteiger partial charge in [-0.05, 0) is 12.1 Å². The lowest BCUT2D eigenvalue weighted by Crippen LogP contribution is -2.17. The lowest BCUT2D eigenvalue weighted by Gasteiger charge is -2.11. The van der Waals surface area contributed by atoms with E-state index in [4.69, 9.17) is 5.84 Å². The third kappa shape index (κ3) is 3.30. The van der Waals surface area contributed by atoms with Gasteiger partial charge in [0.1, 0.15) is 0 Å². The molecule has 0 aliphatic rings. The number of nitrogens with two attached hydrogens (primary N) is 1. The van der Waals surface area contributed by atoms with Crippen molar-refractivity contribution in [3.05, 3.63) is 22.2 Å². The summed E-state index contributed by atoms with van der Waals surface area (Å²) >= 11 is 2.96. The van der Waals surface area contributed by atoms with Gasteiger partial charge >= 0.3 is 6.36 Å². The summed E-state index contributed by atoms with van der Waals surface area (Å²) in [5.41, 5.74) is 0.0103. The van der Waals surface area contributed by atoms with Crippen molar-refractivity contribution in [2.45, 2.75) is 6.36 Å². The van der Waals surface area contributed by atoms with Gasteiger partial charge in [0.05, 0.1) is 6.21 Å². The van der Waals surface area contributed by atoms with Crippen LogP contribution in [-0.4, -0.2) is 17.7 Å². The molecule has 16 heavy (non-hydrogen) atoms. The Bertz CT molecular complexity index is 420. The lowest BCUT2D eigenvalue weighted by molar-refractivity contribution is -0.275. The molecule has 0 saturated heterocycles. The van der Waals surface area contributed by atoms with E-state index in [2.05, 4.69) is 25.8 Å². The zero-order chi connectivity index (χ0) is 12.3.